The van der Waals surface area contributed by atoms with Crippen molar-refractivity contribution >= 4 is 5.97 Å². The maximum atomic E-state index is 10.3. The van der Waals surface area contributed by atoms with Crippen LogP contribution in [0, 0.1) is 5.92 Å². The summed E-state index contributed by atoms with van der Waals surface area (Å²) in [6.07, 6.45) is -0.738. The molecule has 0 amide bonds. The molecule has 1 fully saturated rings. The van der Waals surface area contributed by atoms with Crippen LogP contribution in [-0.4, -0.2) is 34.9 Å². The molecule has 4 nitrogen and oxygen atoms in total. The summed E-state index contributed by atoms with van der Waals surface area (Å²) in [7, 11) is 0. The zero-order valence-corrected chi connectivity index (χ0v) is 5.74. The summed E-state index contributed by atoms with van der Waals surface area (Å²) in [5, 5.41) is 20.4. The Labute approximate surface area is 58.9 Å². The Balaban J connectivity index is 2.57. The summed E-state index contributed by atoms with van der Waals surface area (Å²) >= 11 is 0. The van der Waals surface area contributed by atoms with Gasteiger partial charge in [0.15, 0.2) is 0 Å². The van der Waals surface area contributed by atoms with Crippen LogP contribution in [0.4, 0.5) is 0 Å². The van der Waals surface area contributed by atoms with Crippen LogP contribution in [0.1, 0.15) is 6.92 Å². The Hall–Kier alpha value is -0.610. The SMILES string of the molecule is C[C@@H]1CN[C@@H](C(=O)O)[C@H]1O. The third kappa shape index (κ3) is 1.12. The Kier molecular flexibility index (Phi) is 1.92. The van der Waals surface area contributed by atoms with Crippen LogP contribution >= 0.6 is 0 Å². The topological polar surface area (TPSA) is 69.6 Å². The number of rotatable bonds is 1. The molecule has 0 aromatic heterocycles. The summed E-state index contributed by atoms with van der Waals surface area (Å²) in [4.78, 5) is 10.3. The van der Waals surface area contributed by atoms with E-state index in [4.69, 9.17) is 5.11 Å². The molecule has 4 heteroatoms. The lowest BCUT2D eigenvalue weighted by Crippen LogP contribution is -2.38. The molecule has 1 saturated heterocycles. The number of hydrogen-bond acceptors (Lipinski definition) is 3. The van der Waals surface area contributed by atoms with E-state index in [1.807, 2.05) is 6.92 Å². The van der Waals surface area contributed by atoms with Crippen molar-refractivity contribution in [2.45, 2.75) is 19.1 Å². The number of carboxylic acid groups (broad SMARTS) is 1. The summed E-state index contributed by atoms with van der Waals surface area (Å²) in [5.74, 6) is -0.932. The van der Waals surface area contributed by atoms with Gasteiger partial charge in [0.25, 0.3) is 0 Å². The van der Waals surface area contributed by atoms with Crippen molar-refractivity contribution in [3.8, 4) is 0 Å². The minimum Gasteiger partial charge on any atom is -0.480 e. The first-order valence-electron chi connectivity index (χ1n) is 3.27. The first kappa shape index (κ1) is 7.50. The highest BCUT2D eigenvalue weighted by Crippen LogP contribution is 2.13. The van der Waals surface area contributed by atoms with Crippen molar-refractivity contribution in [3.05, 3.63) is 0 Å². The van der Waals surface area contributed by atoms with Gasteiger partial charge in [0.05, 0.1) is 6.10 Å². The van der Waals surface area contributed by atoms with Gasteiger partial charge < -0.3 is 15.5 Å². The summed E-state index contributed by atoms with van der Waals surface area (Å²) < 4.78 is 0. The van der Waals surface area contributed by atoms with E-state index in [-0.39, 0.29) is 5.92 Å². The van der Waals surface area contributed by atoms with Gasteiger partial charge >= 0.3 is 5.97 Å². The molecule has 1 heterocycles. The maximum absolute atomic E-state index is 10.3. The van der Waals surface area contributed by atoms with E-state index in [9.17, 15) is 9.90 Å². The van der Waals surface area contributed by atoms with E-state index < -0.39 is 18.1 Å². The molecule has 1 aliphatic rings. The number of aliphatic carboxylic acids is 1. The highest BCUT2D eigenvalue weighted by Gasteiger charge is 2.35. The van der Waals surface area contributed by atoms with Crippen molar-refractivity contribution in [1.82, 2.24) is 5.32 Å². The average Bonchev–Trinajstić information content (AvgIpc) is 2.14. The van der Waals surface area contributed by atoms with Gasteiger partial charge in [0.1, 0.15) is 6.04 Å². The van der Waals surface area contributed by atoms with Crippen LogP contribution in [0.2, 0.25) is 0 Å². The molecule has 0 spiro atoms. The predicted octanol–water partition coefficient (Wildman–Crippen LogP) is -0.960. The number of aliphatic hydroxyl groups is 1. The van der Waals surface area contributed by atoms with Gasteiger partial charge in [-0.3, -0.25) is 4.79 Å². The fourth-order valence-electron chi connectivity index (χ4n) is 1.12. The molecule has 0 saturated carbocycles. The molecule has 0 unspecified atom stereocenters. The highest BCUT2D eigenvalue weighted by molar-refractivity contribution is 5.74. The van der Waals surface area contributed by atoms with Crippen molar-refractivity contribution in [3.63, 3.8) is 0 Å². The average molecular weight is 145 g/mol. The van der Waals surface area contributed by atoms with Gasteiger partial charge in [-0.2, -0.15) is 0 Å². The van der Waals surface area contributed by atoms with Crippen molar-refractivity contribution in [2.24, 2.45) is 5.92 Å². The van der Waals surface area contributed by atoms with Crippen molar-refractivity contribution in [2.75, 3.05) is 6.54 Å². The standard InChI is InChI=1S/C6H11NO3/c1-3-2-7-4(5(3)8)6(9)10/h3-5,7-8H,2H2,1H3,(H,9,10)/t3-,4-,5+/m1/s1. The van der Waals surface area contributed by atoms with E-state index in [1.165, 1.54) is 0 Å². The first-order valence-corrected chi connectivity index (χ1v) is 3.27. The number of hydrogen-bond donors (Lipinski definition) is 3. The molecule has 0 bridgehead atoms. The summed E-state index contributed by atoms with van der Waals surface area (Å²) in [6, 6.07) is -0.769. The van der Waals surface area contributed by atoms with Gasteiger partial charge in [0, 0.05) is 6.54 Å². The molecule has 0 aromatic carbocycles. The van der Waals surface area contributed by atoms with Crippen molar-refractivity contribution < 1.29 is 15.0 Å². The second-order valence-electron chi connectivity index (χ2n) is 2.69. The van der Waals surface area contributed by atoms with E-state index in [0.29, 0.717) is 6.54 Å². The fraction of sp³-hybridized carbons (Fsp3) is 0.833. The molecule has 3 N–H and O–H groups in total. The number of carboxylic acids is 1. The predicted molar refractivity (Wildman–Crippen MR) is 34.6 cm³/mol. The summed E-state index contributed by atoms with van der Waals surface area (Å²) in [5.41, 5.74) is 0. The molecule has 0 aliphatic carbocycles. The zero-order chi connectivity index (χ0) is 7.72. The second-order valence-corrected chi connectivity index (χ2v) is 2.69. The Morgan fingerprint density at radius 3 is 2.50 bits per heavy atom. The Morgan fingerprint density at radius 1 is 1.70 bits per heavy atom. The maximum Gasteiger partial charge on any atom is 0.323 e. The van der Waals surface area contributed by atoms with Gasteiger partial charge in [-0.25, -0.2) is 0 Å². The largest absolute Gasteiger partial charge is 0.480 e. The minimum absolute atomic E-state index is 0.0427. The molecular weight excluding hydrogens is 134 g/mol. The Bertz CT molecular complexity index is 148. The first-order chi connectivity index (χ1) is 4.63. The quantitative estimate of drug-likeness (QED) is 0.444. The van der Waals surface area contributed by atoms with Gasteiger partial charge in [-0.15, -0.1) is 0 Å². The fourth-order valence-corrected chi connectivity index (χ4v) is 1.12. The van der Waals surface area contributed by atoms with Gasteiger partial charge in [0.2, 0.25) is 0 Å². The van der Waals surface area contributed by atoms with E-state index in [0.717, 1.165) is 0 Å². The number of aliphatic hydroxyl groups excluding tert-OH is 1. The zero-order valence-electron chi connectivity index (χ0n) is 5.74. The smallest absolute Gasteiger partial charge is 0.323 e. The lowest BCUT2D eigenvalue weighted by Gasteiger charge is -2.10. The number of carbonyl (C=O) groups is 1. The van der Waals surface area contributed by atoms with E-state index in [2.05, 4.69) is 5.32 Å². The third-order valence-electron chi connectivity index (χ3n) is 1.85. The lowest BCUT2D eigenvalue weighted by molar-refractivity contribution is -0.141. The Morgan fingerprint density at radius 2 is 2.30 bits per heavy atom. The molecule has 0 aromatic rings. The van der Waals surface area contributed by atoms with E-state index in [1.54, 1.807) is 0 Å². The van der Waals surface area contributed by atoms with Crippen molar-refractivity contribution in [1.29, 1.82) is 0 Å². The molecule has 0 radical (unpaired) electrons. The van der Waals surface area contributed by atoms with E-state index >= 15 is 0 Å². The molecule has 1 aliphatic heterocycles. The molecule has 58 valence electrons. The normalized spacial score (nSPS) is 40.0. The van der Waals surface area contributed by atoms with Crippen LogP contribution < -0.4 is 5.32 Å². The summed E-state index contributed by atoms with van der Waals surface area (Å²) in [6.45, 7) is 2.40. The second kappa shape index (κ2) is 2.56. The molecule has 3 atom stereocenters. The van der Waals surface area contributed by atoms with Crippen LogP contribution in [-0.2, 0) is 4.79 Å². The van der Waals surface area contributed by atoms with Crippen LogP contribution in [0.5, 0.6) is 0 Å². The third-order valence-corrected chi connectivity index (χ3v) is 1.85. The lowest BCUT2D eigenvalue weighted by atomic mass is 10.0. The molecular formula is C6H11NO3. The van der Waals surface area contributed by atoms with Gasteiger partial charge in [-0.1, -0.05) is 6.92 Å². The van der Waals surface area contributed by atoms with Crippen LogP contribution in [0.15, 0.2) is 0 Å². The molecule has 1 rings (SSSR count). The van der Waals surface area contributed by atoms with Crippen LogP contribution in [0.3, 0.4) is 0 Å². The molecule has 10 heavy (non-hydrogen) atoms. The monoisotopic (exact) mass is 145 g/mol. The minimum atomic E-state index is -0.975. The number of nitrogens with one attached hydrogen (secondary N) is 1. The van der Waals surface area contributed by atoms with Crippen LogP contribution in [0.25, 0.3) is 0 Å². The highest BCUT2D eigenvalue weighted by atomic mass is 16.4. The van der Waals surface area contributed by atoms with Gasteiger partial charge in [-0.05, 0) is 5.92 Å².